The molecule has 0 radical (unpaired) electrons. The molecule has 0 saturated carbocycles. The first-order valence-corrected chi connectivity index (χ1v) is 13.3. The lowest BCUT2D eigenvalue weighted by Gasteiger charge is -2.15. The second-order valence-electron chi connectivity index (χ2n) is 8.46. The smallest absolute Gasteiger partial charge is 0.303 e. The zero-order valence-corrected chi connectivity index (χ0v) is 21.0. The maximum atomic E-state index is 14.6. The Bertz CT molecular complexity index is 1330. The van der Waals surface area contributed by atoms with Crippen molar-refractivity contribution in [1.29, 1.82) is 0 Å². The molecule has 0 aliphatic rings. The van der Waals surface area contributed by atoms with Gasteiger partial charge >= 0.3 is 5.97 Å². The Kier molecular flexibility index (Phi) is 9.45. The van der Waals surface area contributed by atoms with Crippen molar-refractivity contribution in [3.05, 3.63) is 77.6 Å². The Labute approximate surface area is 214 Å². The number of anilines is 1. The van der Waals surface area contributed by atoms with Crippen molar-refractivity contribution < 1.29 is 37.7 Å². The van der Waals surface area contributed by atoms with Gasteiger partial charge in [-0.2, -0.15) is 0 Å². The molecule has 0 aliphatic heterocycles. The number of ether oxygens (including phenoxy) is 1. The molecule has 198 valence electrons. The van der Waals surface area contributed by atoms with Crippen LogP contribution in [0.15, 0.2) is 60.7 Å². The van der Waals surface area contributed by atoms with Gasteiger partial charge in [0.05, 0.1) is 18.0 Å². The number of aliphatic hydroxyl groups is 1. The Morgan fingerprint density at radius 1 is 1.05 bits per heavy atom. The van der Waals surface area contributed by atoms with E-state index >= 15 is 0 Å². The summed E-state index contributed by atoms with van der Waals surface area (Å²) in [5.74, 6) is -1.56. The second kappa shape index (κ2) is 12.5. The number of carboxylic acid groups (broad SMARTS) is 1. The molecule has 0 saturated heterocycles. The molecule has 0 amide bonds. The molecule has 0 aromatic heterocycles. The van der Waals surface area contributed by atoms with E-state index in [1.807, 2.05) is 24.3 Å². The molecule has 9 nitrogen and oxygen atoms in total. The summed E-state index contributed by atoms with van der Waals surface area (Å²) >= 11 is 0. The molecule has 37 heavy (non-hydrogen) atoms. The van der Waals surface area contributed by atoms with Gasteiger partial charge in [-0.05, 0) is 52.9 Å². The maximum absolute atomic E-state index is 14.6. The van der Waals surface area contributed by atoms with Crippen LogP contribution in [0.25, 0.3) is 11.1 Å². The number of phenols is 1. The SMILES string of the molecule is CS(=O)(=O)Nc1cc([C@H](O)CNCCOc2ccc(-c3ccc(CCC(=O)O)cc3)cc2F)ccc1O. The molecular formula is C26H29FN2O7S. The standard InChI is InChI=1S/C26H29FN2O7S/c1-37(34,35)29-22-15-20(7-9-23(22)30)24(31)16-28-12-13-36-25-10-8-19(14-21(25)27)18-5-2-17(3-6-18)4-11-26(32)33/h2-3,5-10,14-15,24,28-31H,4,11-13,16H2,1H3,(H,32,33)/t24-/m1/s1. The normalized spacial score (nSPS) is 12.2. The minimum atomic E-state index is -3.59. The van der Waals surface area contributed by atoms with Crippen molar-refractivity contribution in [2.75, 3.05) is 30.7 Å². The first kappa shape index (κ1) is 27.9. The lowest BCUT2D eigenvalue weighted by atomic mass is 10.0. The van der Waals surface area contributed by atoms with Crippen LogP contribution in [0.4, 0.5) is 10.1 Å². The predicted molar refractivity (Wildman–Crippen MR) is 138 cm³/mol. The highest BCUT2D eigenvalue weighted by Crippen LogP contribution is 2.28. The van der Waals surface area contributed by atoms with Crippen LogP contribution in [0.1, 0.15) is 23.7 Å². The molecule has 1 atom stereocenters. The van der Waals surface area contributed by atoms with Gasteiger partial charge in [-0.15, -0.1) is 0 Å². The van der Waals surface area contributed by atoms with Gasteiger partial charge in [0, 0.05) is 19.5 Å². The van der Waals surface area contributed by atoms with Gasteiger partial charge in [-0.25, -0.2) is 12.8 Å². The summed E-state index contributed by atoms with van der Waals surface area (Å²) in [6, 6.07) is 16.0. The monoisotopic (exact) mass is 532 g/mol. The number of carbonyl (C=O) groups is 1. The number of aliphatic carboxylic acids is 1. The highest BCUT2D eigenvalue weighted by atomic mass is 32.2. The van der Waals surface area contributed by atoms with Gasteiger partial charge in [-0.1, -0.05) is 36.4 Å². The third kappa shape index (κ3) is 8.74. The number of sulfonamides is 1. The Hall–Kier alpha value is -3.67. The Morgan fingerprint density at radius 2 is 1.76 bits per heavy atom. The zero-order chi connectivity index (χ0) is 27.0. The highest BCUT2D eigenvalue weighted by molar-refractivity contribution is 7.92. The lowest BCUT2D eigenvalue weighted by molar-refractivity contribution is -0.136. The number of halogens is 1. The molecule has 0 heterocycles. The summed E-state index contributed by atoms with van der Waals surface area (Å²) in [4.78, 5) is 10.7. The van der Waals surface area contributed by atoms with Crippen molar-refractivity contribution >= 4 is 21.7 Å². The summed E-state index contributed by atoms with van der Waals surface area (Å²) in [6.07, 6.45) is 0.455. The average molecular weight is 533 g/mol. The molecule has 3 rings (SSSR count). The predicted octanol–water partition coefficient (Wildman–Crippen LogP) is 3.29. The molecule has 3 aromatic rings. The fourth-order valence-corrected chi connectivity index (χ4v) is 4.11. The summed E-state index contributed by atoms with van der Waals surface area (Å²) in [5, 5.41) is 31.9. The van der Waals surface area contributed by atoms with Crippen molar-refractivity contribution in [3.63, 3.8) is 0 Å². The van der Waals surface area contributed by atoms with E-state index in [1.165, 1.54) is 30.3 Å². The van der Waals surface area contributed by atoms with Crippen molar-refractivity contribution in [2.45, 2.75) is 18.9 Å². The van der Waals surface area contributed by atoms with Crippen LogP contribution in [-0.2, 0) is 21.2 Å². The van der Waals surface area contributed by atoms with Crippen molar-refractivity contribution in [1.82, 2.24) is 5.32 Å². The zero-order valence-electron chi connectivity index (χ0n) is 20.1. The summed E-state index contributed by atoms with van der Waals surface area (Å²) in [7, 11) is -3.59. The van der Waals surface area contributed by atoms with Crippen LogP contribution in [0.2, 0.25) is 0 Å². The molecule has 11 heteroatoms. The Balaban J connectivity index is 1.47. The minimum absolute atomic E-state index is 0.0320. The Morgan fingerprint density at radius 3 is 2.41 bits per heavy atom. The third-order valence-electron chi connectivity index (χ3n) is 5.42. The number of aliphatic hydroxyl groups excluding tert-OH is 1. The van der Waals surface area contributed by atoms with Crippen LogP contribution in [0.5, 0.6) is 11.5 Å². The van der Waals surface area contributed by atoms with Crippen LogP contribution < -0.4 is 14.8 Å². The fraction of sp³-hybridized carbons (Fsp3) is 0.269. The van der Waals surface area contributed by atoms with Gasteiger partial charge in [0.15, 0.2) is 11.6 Å². The number of nitrogens with one attached hydrogen (secondary N) is 2. The van der Waals surface area contributed by atoms with E-state index in [4.69, 9.17) is 9.84 Å². The van der Waals surface area contributed by atoms with E-state index in [2.05, 4.69) is 10.0 Å². The average Bonchev–Trinajstić information content (AvgIpc) is 2.84. The summed E-state index contributed by atoms with van der Waals surface area (Å²) in [6.45, 7) is 0.566. The molecule has 3 aromatic carbocycles. The van der Waals surface area contributed by atoms with E-state index in [0.717, 1.165) is 17.4 Å². The summed E-state index contributed by atoms with van der Waals surface area (Å²) in [5.41, 5.74) is 2.71. The van der Waals surface area contributed by atoms with Crippen molar-refractivity contribution in [2.24, 2.45) is 0 Å². The number of phenolic OH excluding ortho intramolecular Hbond substituents is 1. The quantitative estimate of drug-likeness (QED) is 0.167. The van der Waals surface area contributed by atoms with Gasteiger partial charge < -0.3 is 25.4 Å². The maximum Gasteiger partial charge on any atom is 0.303 e. The number of hydrogen-bond donors (Lipinski definition) is 5. The van der Waals surface area contributed by atoms with E-state index in [0.29, 0.717) is 24.1 Å². The van der Waals surface area contributed by atoms with Gasteiger partial charge in [0.2, 0.25) is 10.0 Å². The molecule has 0 unspecified atom stereocenters. The van der Waals surface area contributed by atoms with Gasteiger partial charge in [-0.3, -0.25) is 9.52 Å². The van der Waals surface area contributed by atoms with Gasteiger partial charge in [0.1, 0.15) is 12.4 Å². The largest absolute Gasteiger partial charge is 0.506 e. The fourth-order valence-electron chi connectivity index (χ4n) is 3.54. The molecule has 0 fully saturated rings. The van der Waals surface area contributed by atoms with Crippen molar-refractivity contribution in [3.8, 4) is 22.6 Å². The topological polar surface area (TPSA) is 145 Å². The molecule has 5 N–H and O–H groups in total. The van der Waals surface area contributed by atoms with E-state index < -0.39 is 27.9 Å². The highest BCUT2D eigenvalue weighted by Gasteiger charge is 2.13. The molecular weight excluding hydrogens is 503 g/mol. The van der Waals surface area contributed by atoms with Gasteiger partial charge in [0.25, 0.3) is 0 Å². The number of benzene rings is 3. The third-order valence-corrected chi connectivity index (χ3v) is 6.01. The molecule has 0 bridgehead atoms. The van der Waals surface area contributed by atoms with Crippen LogP contribution in [0.3, 0.4) is 0 Å². The number of rotatable bonds is 13. The first-order chi connectivity index (χ1) is 17.5. The van der Waals surface area contributed by atoms with Crippen LogP contribution in [-0.4, -0.2) is 55.7 Å². The molecule has 0 aliphatic carbocycles. The van der Waals surface area contributed by atoms with Crippen LogP contribution in [0, 0.1) is 5.82 Å². The summed E-state index contributed by atoms with van der Waals surface area (Å²) < 4.78 is 45.0. The lowest BCUT2D eigenvalue weighted by Crippen LogP contribution is -2.26. The van der Waals surface area contributed by atoms with E-state index in [1.54, 1.807) is 6.07 Å². The number of carboxylic acids is 1. The van der Waals surface area contributed by atoms with Crippen LogP contribution >= 0.6 is 0 Å². The minimum Gasteiger partial charge on any atom is -0.506 e. The number of hydrogen-bond acceptors (Lipinski definition) is 7. The second-order valence-corrected chi connectivity index (χ2v) is 10.2. The van der Waals surface area contributed by atoms with E-state index in [-0.39, 0.29) is 36.8 Å². The van der Waals surface area contributed by atoms with E-state index in [9.17, 15) is 27.8 Å². The molecule has 0 spiro atoms. The first-order valence-electron chi connectivity index (χ1n) is 11.4. The number of aryl methyl sites for hydroxylation is 1. The number of aromatic hydroxyl groups is 1.